The standard InChI is InChI=1S/C12H21NO3S/c1-10-9-13(8-7-12(10)14)17(15,16)11-5-3-2-4-6-11/h10-11H,2-9H2,1H3. The van der Waals surface area contributed by atoms with Gasteiger partial charge in [0, 0.05) is 25.4 Å². The third-order valence-corrected chi connectivity index (χ3v) is 6.33. The lowest BCUT2D eigenvalue weighted by Gasteiger charge is -2.33. The zero-order chi connectivity index (χ0) is 12.5. The van der Waals surface area contributed by atoms with Crippen molar-refractivity contribution < 1.29 is 13.2 Å². The van der Waals surface area contributed by atoms with E-state index in [-0.39, 0.29) is 17.0 Å². The van der Waals surface area contributed by atoms with Crippen LogP contribution in [0.1, 0.15) is 45.4 Å². The quantitative estimate of drug-likeness (QED) is 0.756. The Morgan fingerprint density at radius 1 is 1.18 bits per heavy atom. The highest BCUT2D eigenvalue weighted by atomic mass is 32.2. The van der Waals surface area contributed by atoms with Crippen molar-refractivity contribution in [2.75, 3.05) is 13.1 Å². The molecule has 0 aromatic rings. The molecule has 2 aliphatic rings. The van der Waals surface area contributed by atoms with E-state index in [2.05, 4.69) is 0 Å². The molecule has 0 bridgehead atoms. The van der Waals surface area contributed by atoms with Crippen LogP contribution in [0.5, 0.6) is 0 Å². The minimum Gasteiger partial charge on any atom is -0.299 e. The molecule has 1 unspecified atom stereocenters. The predicted octanol–water partition coefficient (Wildman–Crippen LogP) is 1.56. The van der Waals surface area contributed by atoms with Gasteiger partial charge in [-0.2, -0.15) is 0 Å². The molecule has 1 aliphatic heterocycles. The van der Waals surface area contributed by atoms with E-state index in [4.69, 9.17) is 0 Å². The van der Waals surface area contributed by atoms with Crippen molar-refractivity contribution in [3.8, 4) is 0 Å². The zero-order valence-corrected chi connectivity index (χ0v) is 11.2. The summed E-state index contributed by atoms with van der Waals surface area (Å²) >= 11 is 0. The Kier molecular flexibility index (Phi) is 3.88. The molecule has 0 spiro atoms. The molecule has 2 rings (SSSR count). The molecule has 2 fully saturated rings. The van der Waals surface area contributed by atoms with Crippen LogP contribution in [-0.4, -0.2) is 36.8 Å². The number of carbonyl (C=O) groups is 1. The molecule has 17 heavy (non-hydrogen) atoms. The van der Waals surface area contributed by atoms with Crippen LogP contribution in [0, 0.1) is 5.92 Å². The van der Waals surface area contributed by atoms with Crippen molar-refractivity contribution in [2.24, 2.45) is 5.92 Å². The molecule has 0 N–H and O–H groups in total. The van der Waals surface area contributed by atoms with E-state index in [9.17, 15) is 13.2 Å². The van der Waals surface area contributed by atoms with Crippen molar-refractivity contribution >= 4 is 15.8 Å². The Bertz CT molecular complexity index is 385. The molecular formula is C12H21NO3S. The summed E-state index contributed by atoms with van der Waals surface area (Å²) in [6.45, 7) is 2.60. The van der Waals surface area contributed by atoms with E-state index >= 15 is 0 Å². The van der Waals surface area contributed by atoms with E-state index in [1.807, 2.05) is 6.92 Å². The summed E-state index contributed by atoms with van der Waals surface area (Å²) in [5.74, 6) is 0.0576. The molecule has 0 aromatic carbocycles. The fourth-order valence-electron chi connectivity index (χ4n) is 2.78. The fraction of sp³-hybridized carbons (Fsp3) is 0.917. The van der Waals surface area contributed by atoms with E-state index in [0.717, 1.165) is 32.1 Å². The number of nitrogens with zero attached hydrogens (tertiary/aromatic N) is 1. The number of carbonyl (C=O) groups excluding carboxylic acids is 1. The van der Waals surface area contributed by atoms with Crippen LogP contribution >= 0.6 is 0 Å². The molecular weight excluding hydrogens is 238 g/mol. The lowest BCUT2D eigenvalue weighted by Crippen LogP contribution is -2.47. The molecule has 1 aliphatic carbocycles. The molecule has 0 amide bonds. The lowest BCUT2D eigenvalue weighted by atomic mass is 10.0. The van der Waals surface area contributed by atoms with Gasteiger partial charge in [-0.15, -0.1) is 0 Å². The Morgan fingerprint density at radius 3 is 2.41 bits per heavy atom. The largest absolute Gasteiger partial charge is 0.299 e. The van der Waals surface area contributed by atoms with Gasteiger partial charge in [0.1, 0.15) is 5.78 Å². The van der Waals surface area contributed by atoms with Crippen molar-refractivity contribution in [1.29, 1.82) is 0 Å². The summed E-state index contributed by atoms with van der Waals surface area (Å²) in [6, 6.07) is 0. The predicted molar refractivity (Wildman–Crippen MR) is 66.2 cm³/mol. The van der Waals surface area contributed by atoms with Gasteiger partial charge in [-0.1, -0.05) is 26.2 Å². The minimum absolute atomic E-state index is 0.137. The van der Waals surface area contributed by atoms with Crippen LogP contribution in [-0.2, 0) is 14.8 Å². The smallest absolute Gasteiger partial charge is 0.217 e. The summed E-state index contributed by atoms with van der Waals surface area (Å²) < 4.78 is 26.4. The third-order valence-electron chi connectivity index (χ3n) is 3.97. The van der Waals surface area contributed by atoms with Gasteiger partial charge in [0.15, 0.2) is 0 Å². The van der Waals surface area contributed by atoms with Gasteiger partial charge < -0.3 is 0 Å². The highest BCUT2D eigenvalue weighted by molar-refractivity contribution is 7.89. The summed E-state index contributed by atoms with van der Waals surface area (Å²) in [4.78, 5) is 11.4. The lowest BCUT2D eigenvalue weighted by molar-refractivity contribution is -0.124. The van der Waals surface area contributed by atoms with Crippen molar-refractivity contribution in [3.63, 3.8) is 0 Å². The van der Waals surface area contributed by atoms with Crippen LogP contribution in [0.15, 0.2) is 0 Å². The number of hydrogen-bond acceptors (Lipinski definition) is 3. The summed E-state index contributed by atoms with van der Waals surface area (Å²) in [6.07, 6.45) is 5.16. The molecule has 1 saturated carbocycles. The van der Waals surface area contributed by atoms with Crippen LogP contribution in [0.4, 0.5) is 0 Å². The maximum Gasteiger partial charge on any atom is 0.217 e. The Balaban J connectivity index is 2.07. The van der Waals surface area contributed by atoms with Crippen molar-refractivity contribution in [2.45, 2.75) is 50.7 Å². The first kappa shape index (κ1) is 13.0. The minimum atomic E-state index is -3.16. The second-order valence-electron chi connectivity index (χ2n) is 5.28. The molecule has 1 atom stereocenters. The Morgan fingerprint density at radius 2 is 1.82 bits per heavy atom. The number of piperidine rings is 1. The number of Topliss-reactive ketones (excluding diaryl/α,β-unsaturated/α-hetero) is 1. The topological polar surface area (TPSA) is 54.5 Å². The Labute approximate surface area is 103 Å². The van der Waals surface area contributed by atoms with Crippen LogP contribution in [0.3, 0.4) is 0 Å². The normalized spacial score (nSPS) is 29.5. The van der Waals surface area contributed by atoms with Gasteiger partial charge >= 0.3 is 0 Å². The van der Waals surface area contributed by atoms with Gasteiger partial charge in [0.05, 0.1) is 5.25 Å². The first-order valence-electron chi connectivity index (χ1n) is 6.53. The van der Waals surface area contributed by atoms with Crippen molar-refractivity contribution in [3.05, 3.63) is 0 Å². The van der Waals surface area contributed by atoms with Gasteiger partial charge in [0.2, 0.25) is 10.0 Å². The van der Waals surface area contributed by atoms with Gasteiger partial charge in [-0.05, 0) is 12.8 Å². The maximum absolute atomic E-state index is 12.4. The number of sulfonamides is 1. The maximum atomic E-state index is 12.4. The average molecular weight is 259 g/mol. The van der Waals surface area contributed by atoms with Crippen LogP contribution < -0.4 is 0 Å². The van der Waals surface area contributed by atoms with E-state index in [0.29, 0.717) is 19.5 Å². The number of ketones is 1. The highest BCUT2D eigenvalue weighted by Crippen LogP contribution is 2.28. The summed E-state index contributed by atoms with van der Waals surface area (Å²) in [5.41, 5.74) is 0. The van der Waals surface area contributed by atoms with Crippen molar-refractivity contribution in [1.82, 2.24) is 4.31 Å². The van der Waals surface area contributed by atoms with Gasteiger partial charge in [0.25, 0.3) is 0 Å². The summed E-state index contributed by atoms with van der Waals surface area (Å²) in [7, 11) is -3.16. The Hall–Kier alpha value is -0.420. The molecule has 5 heteroatoms. The van der Waals surface area contributed by atoms with Crippen LogP contribution in [0.2, 0.25) is 0 Å². The van der Waals surface area contributed by atoms with Gasteiger partial charge in [-0.3, -0.25) is 4.79 Å². The van der Waals surface area contributed by atoms with Gasteiger partial charge in [-0.25, -0.2) is 12.7 Å². The fourth-order valence-corrected chi connectivity index (χ4v) is 4.91. The van der Waals surface area contributed by atoms with Crippen LogP contribution in [0.25, 0.3) is 0 Å². The molecule has 1 saturated heterocycles. The zero-order valence-electron chi connectivity index (χ0n) is 10.4. The third kappa shape index (κ3) is 2.71. The molecule has 0 aromatic heterocycles. The molecule has 1 heterocycles. The molecule has 98 valence electrons. The average Bonchev–Trinajstić information content (AvgIpc) is 2.33. The summed E-state index contributed by atoms with van der Waals surface area (Å²) in [5, 5.41) is -0.198. The second-order valence-corrected chi connectivity index (χ2v) is 7.49. The van der Waals surface area contributed by atoms with E-state index in [1.165, 1.54) is 0 Å². The first-order valence-corrected chi connectivity index (χ1v) is 8.04. The molecule has 4 nitrogen and oxygen atoms in total. The number of hydrogen-bond donors (Lipinski definition) is 0. The highest BCUT2D eigenvalue weighted by Gasteiger charge is 2.36. The van der Waals surface area contributed by atoms with E-state index in [1.54, 1.807) is 4.31 Å². The number of rotatable bonds is 2. The monoisotopic (exact) mass is 259 g/mol. The SMILES string of the molecule is CC1CN(S(=O)(=O)C2CCCCC2)CCC1=O. The second kappa shape index (κ2) is 5.06. The first-order chi connectivity index (χ1) is 8.01. The van der Waals surface area contributed by atoms with E-state index < -0.39 is 10.0 Å². The molecule has 0 radical (unpaired) electrons.